The molecule has 6 heteroatoms. The predicted octanol–water partition coefficient (Wildman–Crippen LogP) is 2.96. The lowest BCUT2D eigenvalue weighted by molar-refractivity contribution is -0.120. The van der Waals surface area contributed by atoms with Crippen LogP contribution in [0.25, 0.3) is 0 Å². The molecular weight excluding hydrogens is 322 g/mol. The standard InChI is InChI=1S/C19H19NO5/c1-2-17(21)20-12-13-24-19(23)25-16-10-8-15(9-11-16)18(22)14-6-4-3-5-7-14/h3-11H,2,12-13H2,1H3,(H,20,21). The van der Waals surface area contributed by atoms with Gasteiger partial charge in [0.2, 0.25) is 5.91 Å². The molecule has 0 unspecified atom stereocenters. The molecule has 0 aliphatic rings. The molecule has 0 aliphatic heterocycles. The number of ketones is 1. The number of carbonyl (C=O) groups excluding carboxylic acids is 3. The number of carbonyl (C=O) groups is 3. The molecule has 2 aromatic carbocycles. The van der Waals surface area contributed by atoms with Gasteiger partial charge in [0.1, 0.15) is 12.4 Å². The molecule has 1 N–H and O–H groups in total. The van der Waals surface area contributed by atoms with Crippen molar-refractivity contribution in [2.75, 3.05) is 13.2 Å². The average Bonchev–Trinajstić information content (AvgIpc) is 2.65. The molecule has 2 aromatic rings. The number of benzene rings is 2. The van der Waals surface area contributed by atoms with Crippen LogP contribution in [0, 0.1) is 0 Å². The fourth-order valence-electron chi connectivity index (χ4n) is 2.01. The molecule has 1 amide bonds. The molecule has 0 aliphatic carbocycles. The molecule has 0 saturated heterocycles. The van der Waals surface area contributed by atoms with Crippen molar-refractivity contribution in [3.8, 4) is 5.75 Å². The van der Waals surface area contributed by atoms with Gasteiger partial charge < -0.3 is 14.8 Å². The largest absolute Gasteiger partial charge is 0.513 e. The monoisotopic (exact) mass is 341 g/mol. The molecule has 2 rings (SSSR count). The van der Waals surface area contributed by atoms with E-state index >= 15 is 0 Å². The number of amides is 1. The number of hydrogen-bond donors (Lipinski definition) is 1. The average molecular weight is 341 g/mol. The number of hydrogen-bond acceptors (Lipinski definition) is 5. The first-order chi connectivity index (χ1) is 12.1. The Kier molecular flexibility index (Phi) is 6.71. The highest BCUT2D eigenvalue weighted by Crippen LogP contribution is 2.16. The van der Waals surface area contributed by atoms with Crippen LogP contribution in [-0.4, -0.2) is 31.0 Å². The second-order valence-electron chi connectivity index (χ2n) is 5.12. The Morgan fingerprint density at radius 2 is 1.56 bits per heavy atom. The highest BCUT2D eigenvalue weighted by Gasteiger charge is 2.10. The molecule has 0 saturated carbocycles. The zero-order valence-corrected chi connectivity index (χ0v) is 13.9. The second kappa shape index (κ2) is 9.22. The van der Waals surface area contributed by atoms with E-state index in [0.717, 1.165) is 0 Å². The van der Waals surface area contributed by atoms with Crippen molar-refractivity contribution in [2.24, 2.45) is 0 Å². The van der Waals surface area contributed by atoms with Crippen molar-refractivity contribution >= 4 is 17.8 Å². The normalized spacial score (nSPS) is 9.96. The Hall–Kier alpha value is -3.15. The van der Waals surface area contributed by atoms with Gasteiger partial charge in [0.15, 0.2) is 5.78 Å². The van der Waals surface area contributed by atoms with Gasteiger partial charge in [-0.25, -0.2) is 4.79 Å². The van der Waals surface area contributed by atoms with E-state index in [1.807, 2.05) is 6.07 Å². The van der Waals surface area contributed by atoms with Gasteiger partial charge in [-0.2, -0.15) is 0 Å². The summed E-state index contributed by atoms with van der Waals surface area (Å²) < 4.78 is 9.85. The van der Waals surface area contributed by atoms with Gasteiger partial charge in [0, 0.05) is 17.5 Å². The maximum Gasteiger partial charge on any atom is 0.513 e. The van der Waals surface area contributed by atoms with Crippen LogP contribution in [0.4, 0.5) is 4.79 Å². The third kappa shape index (κ3) is 5.76. The minimum Gasteiger partial charge on any atom is -0.432 e. The summed E-state index contributed by atoms with van der Waals surface area (Å²) in [6.07, 6.45) is -0.494. The molecule has 6 nitrogen and oxygen atoms in total. The highest BCUT2D eigenvalue weighted by atomic mass is 16.7. The minimum atomic E-state index is -0.868. The minimum absolute atomic E-state index is 0.0230. The van der Waals surface area contributed by atoms with Crippen molar-refractivity contribution in [3.05, 3.63) is 65.7 Å². The van der Waals surface area contributed by atoms with E-state index in [1.54, 1.807) is 43.3 Å². The summed E-state index contributed by atoms with van der Waals surface area (Å²) in [4.78, 5) is 34.8. The summed E-state index contributed by atoms with van der Waals surface area (Å²) in [6, 6.07) is 15.1. The summed E-state index contributed by atoms with van der Waals surface area (Å²) in [7, 11) is 0. The molecule has 0 heterocycles. The van der Waals surface area contributed by atoms with Gasteiger partial charge in [-0.05, 0) is 24.3 Å². The van der Waals surface area contributed by atoms with Crippen LogP contribution < -0.4 is 10.1 Å². The Bertz CT molecular complexity index is 725. The van der Waals surface area contributed by atoms with Crippen molar-refractivity contribution in [1.82, 2.24) is 5.32 Å². The molecular formula is C19H19NO5. The molecule has 0 radical (unpaired) electrons. The van der Waals surface area contributed by atoms with E-state index in [4.69, 9.17) is 9.47 Å². The SMILES string of the molecule is CCC(=O)NCCOC(=O)Oc1ccc(C(=O)c2ccccc2)cc1. The van der Waals surface area contributed by atoms with Crippen molar-refractivity contribution in [1.29, 1.82) is 0 Å². The first-order valence-electron chi connectivity index (χ1n) is 7.91. The van der Waals surface area contributed by atoms with E-state index in [1.165, 1.54) is 12.1 Å². The Morgan fingerprint density at radius 3 is 2.20 bits per heavy atom. The Balaban J connectivity index is 1.83. The van der Waals surface area contributed by atoms with E-state index in [9.17, 15) is 14.4 Å². The van der Waals surface area contributed by atoms with E-state index in [2.05, 4.69) is 5.32 Å². The van der Waals surface area contributed by atoms with Crippen LogP contribution in [0.2, 0.25) is 0 Å². The molecule has 0 spiro atoms. The quantitative estimate of drug-likeness (QED) is 0.362. The van der Waals surface area contributed by atoms with Crippen LogP contribution >= 0.6 is 0 Å². The fraction of sp³-hybridized carbons (Fsp3) is 0.211. The smallest absolute Gasteiger partial charge is 0.432 e. The van der Waals surface area contributed by atoms with Gasteiger partial charge in [-0.3, -0.25) is 9.59 Å². The zero-order chi connectivity index (χ0) is 18.1. The first-order valence-corrected chi connectivity index (χ1v) is 7.91. The van der Waals surface area contributed by atoms with Crippen LogP contribution in [0.3, 0.4) is 0 Å². The maximum absolute atomic E-state index is 12.3. The van der Waals surface area contributed by atoms with E-state index in [-0.39, 0.29) is 30.6 Å². The van der Waals surface area contributed by atoms with Crippen LogP contribution in [0.5, 0.6) is 5.75 Å². The first kappa shape index (κ1) is 18.2. The molecule has 25 heavy (non-hydrogen) atoms. The highest BCUT2D eigenvalue weighted by molar-refractivity contribution is 6.09. The van der Waals surface area contributed by atoms with E-state index < -0.39 is 6.16 Å². The lowest BCUT2D eigenvalue weighted by atomic mass is 10.0. The molecule has 0 bridgehead atoms. The number of rotatable bonds is 7. The van der Waals surface area contributed by atoms with Crippen molar-refractivity contribution in [3.63, 3.8) is 0 Å². The van der Waals surface area contributed by atoms with Crippen LogP contribution in [-0.2, 0) is 9.53 Å². The van der Waals surface area contributed by atoms with Crippen LogP contribution in [0.1, 0.15) is 29.3 Å². The zero-order valence-electron chi connectivity index (χ0n) is 13.9. The molecule has 0 atom stereocenters. The second-order valence-corrected chi connectivity index (χ2v) is 5.12. The third-order valence-corrected chi connectivity index (χ3v) is 3.32. The molecule has 0 fully saturated rings. The lowest BCUT2D eigenvalue weighted by Gasteiger charge is -2.07. The summed E-state index contributed by atoms with van der Waals surface area (Å²) in [6.45, 7) is 1.98. The summed E-state index contributed by atoms with van der Waals surface area (Å²) in [5, 5.41) is 2.58. The van der Waals surface area contributed by atoms with Crippen LogP contribution in [0.15, 0.2) is 54.6 Å². The summed E-state index contributed by atoms with van der Waals surface area (Å²) in [5.74, 6) is 0.0456. The van der Waals surface area contributed by atoms with Gasteiger partial charge in [-0.1, -0.05) is 37.3 Å². The third-order valence-electron chi connectivity index (χ3n) is 3.32. The van der Waals surface area contributed by atoms with Crippen molar-refractivity contribution in [2.45, 2.75) is 13.3 Å². The predicted molar refractivity (Wildman–Crippen MR) is 91.6 cm³/mol. The molecule has 0 aromatic heterocycles. The number of ether oxygens (including phenoxy) is 2. The van der Waals surface area contributed by atoms with Gasteiger partial charge in [-0.15, -0.1) is 0 Å². The fourth-order valence-corrected chi connectivity index (χ4v) is 2.01. The Labute approximate surface area is 145 Å². The topological polar surface area (TPSA) is 81.7 Å². The summed E-state index contributed by atoms with van der Waals surface area (Å²) >= 11 is 0. The summed E-state index contributed by atoms with van der Waals surface area (Å²) in [5.41, 5.74) is 1.08. The molecule has 130 valence electrons. The van der Waals surface area contributed by atoms with Gasteiger partial charge in [0.25, 0.3) is 0 Å². The van der Waals surface area contributed by atoms with E-state index in [0.29, 0.717) is 17.5 Å². The lowest BCUT2D eigenvalue weighted by Crippen LogP contribution is -2.27. The van der Waals surface area contributed by atoms with Gasteiger partial charge in [0.05, 0.1) is 6.54 Å². The number of nitrogens with one attached hydrogen (secondary N) is 1. The van der Waals surface area contributed by atoms with Gasteiger partial charge >= 0.3 is 6.16 Å². The van der Waals surface area contributed by atoms with Crippen molar-refractivity contribution < 1.29 is 23.9 Å². The Morgan fingerprint density at radius 1 is 0.920 bits per heavy atom. The maximum atomic E-state index is 12.3.